The predicted molar refractivity (Wildman–Crippen MR) is 148 cm³/mol. The fraction of sp³-hybridized carbons (Fsp3) is 0.581. The molecule has 1 heterocycles. The number of benzene rings is 2. The molecule has 7 heteroatoms. The number of hydrogen-bond acceptors (Lipinski definition) is 6. The zero-order chi connectivity index (χ0) is 27.1. The van der Waals surface area contributed by atoms with Crippen LogP contribution in [0.1, 0.15) is 63.0 Å². The number of rotatable bonds is 11. The molecule has 1 amide bonds. The van der Waals surface area contributed by atoms with E-state index in [-0.39, 0.29) is 23.8 Å². The second-order valence-electron chi connectivity index (χ2n) is 11.0. The molecule has 0 unspecified atom stereocenters. The Labute approximate surface area is 226 Å². The molecule has 1 aliphatic heterocycles. The first-order chi connectivity index (χ1) is 18.4. The summed E-state index contributed by atoms with van der Waals surface area (Å²) in [6.45, 7) is 3.88. The molecule has 1 saturated carbocycles. The highest BCUT2D eigenvalue weighted by atomic mass is 16.5. The molecule has 0 radical (unpaired) electrons. The van der Waals surface area contributed by atoms with E-state index < -0.39 is 11.7 Å². The number of unbranched alkanes of at least 4 members (excludes halogenated alkanes) is 1. The SMILES string of the molecule is CCc1ccccc1Oc1ccccc1[C@](O)(CCCCOC)[C@@H]1CCCN(C(=O)[C@H]2C[C@@H](N)[C@@H](O)C2)C1. The van der Waals surface area contributed by atoms with Crippen LogP contribution in [0.4, 0.5) is 0 Å². The lowest BCUT2D eigenvalue weighted by molar-refractivity contribution is -0.141. The van der Waals surface area contributed by atoms with Crippen molar-refractivity contribution in [1.29, 1.82) is 0 Å². The van der Waals surface area contributed by atoms with E-state index >= 15 is 0 Å². The quantitative estimate of drug-likeness (QED) is 0.377. The maximum absolute atomic E-state index is 13.4. The number of aliphatic hydroxyl groups is 2. The van der Waals surface area contributed by atoms with Crippen LogP contribution in [0.3, 0.4) is 0 Å². The summed E-state index contributed by atoms with van der Waals surface area (Å²) in [6.07, 6.45) is 4.96. The number of nitrogens with zero attached hydrogens (tertiary/aromatic N) is 1. The summed E-state index contributed by atoms with van der Waals surface area (Å²) in [5.74, 6) is 1.09. The Bertz CT molecular complexity index is 1050. The monoisotopic (exact) mass is 524 g/mol. The van der Waals surface area contributed by atoms with Crippen molar-refractivity contribution in [3.8, 4) is 11.5 Å². The summed E-state index contributed by atoms with van der Waals surface area (Å²) in [7, 11) is 1.69. The van der Waals surface area contributed by atoms with Crippen molar-refractivity contribution in [3.05, 3.63) is 59.7 Å². The molecule has 2 aromatic rings. The van der Waals surface area contributed by atoms with E-state index in [4.69, 9.17) is 15.2 Å². The number of carbonyl (C=O) groups excluding carboxylic acids is 1. The van der Waals surface area contributed by atoms with Crippen LogP contribution in [-0.4, -0.2) is 60.0 Å². The molecule has 5 atom stereocenters. The van der Waals surface area contributed by atoms with Crippen LogP contribution in [-0.2, 0) is 21.6 Å². The molecular formula is C31H44N2O5. The van der Waals surface area contributed by atoms with E-state index in [1.165, 1.54) is 0 Å². The molecule has 0 aromatic heterocycles. The Morgan fingerprint density at radius 3 is 2.55 bits per heavy atom. The van der Waals surface area contributed by atoms with Crippen LogP contribution in [0.5, 0.6) is 11.5 Å². The van der Waals surface area contributed by atoms with Gasteiger partial charge in [-0.05, 0) is 69.1 Å². The summed E-state index contributed by atoms with van der Waals surface area (Å²) in [5.41, 5.74) is 6.71. The van der Waals surface area contributed by atoms with Crippen molar-refractivity contribution in [2.75, 3.05) is 26.8 Å². The third kappa shape index (κ3) is 6.40. The number of para-hydroxylation sites is 2. The second kappa shape index (κ2) is 13.1. The predicted octanol–water partition coefficient (Wildman–Crippen LogP) is 4.38. The maximum atomic E-state index is 13.4. The first-order valence-corrected chi connectivity index (χ1v) is 14.2. The Balaban J connectivity index is 1.62. The van der Waals surface area contributed by atoms with Crippen LogP contribution >= 0.6 is 0 Å². The van der Waals surface area contributed by atoms with Gasteiger partial charge in [0.15, 0.2) is 0 Å². The van der Waals surface area contributed by atoms with E-state index in [0.717, 1.165) is 49.0 Å². The molecular weight excluding hydrogens is 480 g/mol. The number of amides is 1. The molecule has 1 aliphatic carbocycles. The zero-order valence-electron chi connectivity index (χ0n) is 22.9. The Hall–Kier alpha value is -2.45. The number of aliphatic hydroxyl groups excluding tert-OH is 1. The smallest absolute Gasteiger partial charge is 0.225 e. The van der Waals surface area contributed by atoms with Gasteiger partial charge < -0.3 is 30.3 Å². The van der Waals surface area contributed by atoms with Crippen molar-refractivity contribution >= 4 is 5.91 Å². The van der Waals surface area contributed by atoms with Crippen LogP contribution < -0.4 is 10.5 Å². The number of aryl methyl sites for hydroxylation is 1. The number of ether oxygens (including phenoxy) is 2. The highest BCUT2D eigenvalue weighted by Gasteiger charge is 2.44. The van der Waals surface area contributed by atoms with Crippen molar-refractivity contribution < 1.29 is 24.5 Å². The fourth-order valence-corrected chi connectivity index (χ4v) is 6.20. The molecule has 38 heavy (non-hydrogen) atoms. The Morgan fingerprint density at radius 2 is 1.84 bits per heavy atom. The van der Waals surface area contributed by atoms with Gasteiger partial charge in [0.2, 0.25) is 5.91 Å². The van der Waals surface area contributed by atoms with Gasteiger partial charge in [-0.15, -0.1) is 0 Å². The lowest BCUT2D eigenvalue weighted by Crippen LogP contribution is -2.49. The maximum Gasteiger partial charge on any atom is 0.225 e. The van der Waals surface area contributed by atoms with Crippen LogP contribution in [0.15, 0.2) is 48.5 Å². The fourth-order valence-electron chi connectivity index (χ4n) is 6.20. The van der Waals surface area contributed by atoms with Gasteiger partial charge in [0.25, 0.3) is 0 Å². The van der Waals surface area contributed by atoms with E-state index in [1.807, 2.05) is 47.4 Å². The van der Waals surface area contributed by atoms with E-state index in [1.54, 1.807) is 7.11 Å². The van der Waals surface area contributed by atoms with Gasteiger partial charge >= 0.3 is 0 Å². The highest BCUT2D eigenvalue weighted by Crippen LogP contribution is 2.45. The number of methoxy groups -OCH3 is 1. The topological polar surface area (TPSA) is 105 Å². The van der Waals surface area contributed by atoms with Gasteiger partial charge in [-0.1, -0.05) is 43.3 Å². The van der Waals surface area contributed by atoms with Gasteiger partial charge in [0.05, 0.1) is 11.7 Å². The molecule has 2 aromatic carbocycles. The molecule has 4 rings (SSSR count). The summed E-state index contributed by atoms with van der Waals surface area (Å²) >= 11 is 0. The zero-order valence-corrected chi connectivity index (χ0v) is 22.9. The third-order valence-corrected chi connectivity index (χ3v) is 8.42. The van der Waals surface area contributed by atoms with Crippen LogP contribution in [0.2, 0.25) is 0 Å². The van der Waals surface area contributed by atoms with Gasteiger partial charge in [-0.3, -0.25) is 4.79 Å². The van der Waals surface area contributed by atoms with Crippen molar-refractivity contribution in [1.82, 2.24) is 4.90 Å². The molecule has 2 fully saturated rings. The number of carbonyl (C=O) groups is 1. The standard InChI is InChI=1S/C31H44N2O5/c1-3-22-11-4-6-14-28(22)38-29-15-7-5-13-25(29)31(36,16-8-9-18-37-2)24-12-10-17-33(21-24)30(35)23-19-26(32)27(34)20-23/h4-7,11,13-15,23-24,26-27,34,36H,3,8-10,12,16-21,32H2,1-2H3/t23-,24+,26+,27-,31-/m0/s1. The van der Waals surface area contributed by atoms with Crippen molar-refractivity contribution in [2.45, 2.75) is 76.0 Å². The minimum Gasteiger partial charge on any atom is -0.457 e. The van der Waals surface area contributed by atoms with E-state index in [2.05, 4.69) is 13.0 Å². The van der Waals surface area contributed by atoms with Crippen LogP contribution in [0, 0.1) is 11.8 Å². The number of piperidine rings is 1. The lowest BCUT2D eigenvalue weighted by atomic mass is 9.73. The molecule has 1 saturated heterocycles. The normalized spacial score (nSPS) is 25.2. The molecule has 4 N–H and O–H groups in total. The summed E-state index contributed by atoms with van der Waals surface area (Å²) in [4.78, 5) is 15.3. The van der Waals surface area contributed by atoms with Gasteiger partial charge in [0, 0.05) is 50.2 Å². The van der Waals surface area contributed by atoms with E-state index in [9.17, 15) is 15.0 Å². The molecule has 208 valence electrons. The first kappa shape index (κ1) is 28.6. The molecule has 0 bridgehead atoms. The second-order valence-corrected chi connectivity index (χ2v) is 11.0. The molecule has 2 aliphatic rings. The lowest BCUT2D eigenvalue weighted by Gasteiger charge is -2.44. The minimum absolute atomic E-state index is 0.0461. The van der Waals surface area contributed by atoms with Gasteiger partial charge in [-0.2, -0.15) is 0 Å². The summed E-state index contributed by atoms with van der Waals surface area (Å²) in [6, 6.07) is 15.4. The third-order valence-electron chi connectivity index (χ3n) is 8.42. The van der Waals surface area contributed by atoms with Crippen LogP contribution in [0.25, 0.3) is 0 Å². The highest BCUT2D eigenvalue weighted by molar-refractivity contribution is 5.79. The minimum atomic E-state index is -1.17. The molecule has 7 nitrogen and oxygen atoms in total. The summed E-state index contributed by atoms with van der Waals surface area (Å²) < 4.78 is 11.7. The van der Waals surface area contributed by atoms with Gasteiger partial charge in [0.1, 0.15) is 11.5 Å². The Morgan fingerprint density at radius 1 is 1.11 bits per heavy atom. The number of hydrogen-bond donors (Lipinski definition) is 3. The summed E-state index contributed by atoms with van der Waals surface area (Å²) in [5, 5.41) is 22.6. The van der Waals surface area contributed by atoms with E-state index in [0.29, 0.717) is 44.7 Å². The Kier molecular flexibility index (Phi) is 9.82. The van der Waals surface area contributed by atoms with Crippen molar-refractivity contribution in [2.24, 2.45) is 17.6 Å². The average Bonchev–Trinajstić information content (AvgIpc) is 3.29. The van der Waals surface area contributed by atoms with Crippen molar-refractivity contribution in [3.63, 3.8) is 0 Å². The average molecular weight is 525 g/mol. The number of likely N-dealkylation sites (tertiary alicyclic amines) is 1. The van der Waals surface area contributed by atoms with Gasteiger partial charge in [-0.25, -0.2) is 0 Å². The largest absolute Gasteiger partial charge is 0.457 e. The first-order valence-electron chi connectivity index (χ1n) is 14.2. The number of nitrogens with two attached hydrogens (primary N) is 1. The molecule has 0 spiro atoms.